The normalized spacial score (nSPS) is 12.7. The maximum atomic E-state index is 10.4. The number of aromatic nitrogens is 3. The van der Waals surface area contributed by atoms with Crippen LogP contribution in [0.25, 0.3) is 0 Å². The molecule has 2 aromatic rings. The summed E-state index contributed by atoms with van der Waals surface area (Å²) in [6, 6.07) is 0. The third-order valence-electron chi connectivity index (χ3n) is 2.65. The molecule has 0 spiro atoms. The molecule has 0 amide bonds. The summed E-state index contributed by atoms with van der Waals surface area (Å²) in [4.78, 5) is 4.98. The number of thiazole rings is 1. The van der Waals surface area contributed by atoms with Gasteiger partial charge in [0.2, 0.25) is 0 Å². The van der Waals surface area contributed by atoms with Gasteiger partial charge in [-0.3, -0.25) is 4.68 Å². The minimum absolute atomic E-state index is 0.604. The van der Waals surface area contributed by atoms with Crippen molar-refractivity contribution in [2.75, 3.05) is 7.11 Å². The number of rotatable bonds is 4. The Kier molecular flexibility index (Phi) is 3.44. The van der Waals surface area contributed by atoms with E-state index in [1.165, 1.54) is 11.3 Å². The molecule has 0 fully saturated rings. The van der Waals surface area contributed by atoms with E-state index in [9.17, 15) is 5.11 Å². The van der Waals surface area contributed by atoms with E-state index in [-0.39, 0.29) is 0 Å². The van der Waals surface area contributed by atoms with Crippen molar-refractivity contribution in [2.24, 2.45) is 0 Å². The third kappa shape index (κ3) is 2.05. The number of methoxy groups -OCH3 is 1. The first-order valence-corrected chi connectivity index (χ1v) is 6.24. The summed E-state index contributed by atoms with van der Waals surface area (Å²) >= 11 is 1.44. The van der Waals surface area contributed by atoms with Crippen LogP contribution < -0.4 is 4.74 Å². The van der Waals surface area contributed by atoms with Crippen LogP contribution in [0.3, 0.4) is 0 Å². The van der Waals surface area contributed by atoms with E-state index in [0.29, 0.717) is 18.0 Å². The van der Waals surface area contributed by atoms with Crippen LogP contribution >= 0.6 is 11.3 Å². The van der Waals surface area contributed by atoms with Crippen molar-refractivity contribution >= 4 is 11.3 Å². The van der Waals surface area contributed by atoms with Crippen LogP contribution in [0, 0.1) is 6.92 Å². The van der Waals surface area contributed by atoms with E-state index >= 15 is 0 Å². The van der Waals surface area contributed by atoms with Crippen molar-refractivity contribution in [3.05, 3.63) is 28.0 Å². The van der Waals surface area contributed by atoms with Crippen LogP contribution in [-0.4, -0.2) is 27.0 Å². The van der Waals surface area contributed by atoms with Crippen LogP contribution in [0.1, 0.15) is 29.3 Å². The zero-order valence-electron chi connectivity index (χ0n) is 10.0. The molecular weight excluding hydrogens is 238 g/mol. The van der Waals surface area contributed by atoms with Crippen LogP contribution in [0.5, 0.6) is 5.75 Å². The summed E-state index contributed by atoms with van der Waals surface area (Å²) in [7, 11) is 1.58. The fourth-order valence-corrected chi connectivity index (χ4v) is 2.55. The summed E-state index contributed by atoms with van der Waals surface area (Å²) in [6.07, 6.45) is 0.887. The Hall–Kier alpha value is -1.40. The molecule has 0 aliphatic carbocycles. The topological polar surface area (TPSA) is 60.2 Å². The second-order valence-corrected chi connectivity index (χ2v) is 4.50. The highest BCUT2D eigenvalue weighted by Gasteiger charge is 2.23. The molecule has 0 radical (unpaired) electrons. The van der Waals surface area contributed by atoms with Crippen LogP contribution in [-0.2, 0) is 6.54 Å². The largest absolute Gasteiger partial charge is 0.493 e. The van der Waals surface area contributed by atoms with Crippen molar-refractivity contribution in [1.29, 1.82) is 0 Å². The molecule has 2 aromatic heterocycles. The van der Waals surface area contributed by atoms with Crippen molar-refractivity contribution < 1.29 is 9.84 Å². The van der Waals surface area contributed by atoms with Gasteiger partial charge in [-0.15, -0.1) is 11.3 Å². The van der Waals surface area contributed by atoms with Gasteiger partial charge in [0.25, 0.3) is 0 Å². The number of hydrogen-bond acceptors (Lipinski definition) is 5. The predicted octanol–water partition coefficient (Wildman–Crippen LogP) is 1.76. The molecule has 17 heavy (non-hydrogen) atoms. The number of aryl methyl sites for hydroxylation is 2. The minimum Gasteiger partial charge on any atom is -0.493 e. The second kappa shape index (κ2) is 4.85. The Balaban J connectivity index is 2.45. The monoisotopic (exact) mass is 253 g/mol. The summed E-state index contributed by atoms with van der Waals surface area (Å²) in [5.41, 5.74) is 3.25. The third-order valence-corrected chi connectivity index (χ3v) is 3.64. The molecular formula is C11H15N3O2S. The highest BCUT2D eigenvalue weighted by Crippen LogP contribution is 2.33. The summed E-state index contributed by atoms with van der Waals surface area (Å²) in [5.74, 6) is 0.604. The fourth-order valence-electron chi connectivity index (χ4n) is 1.76. The summed E-state index contributed by atoms with van der Waals surface area (Å²) < 4.78 is 6.97. The molecule has 2 rings (SSSR count). The van der Waals surface area contributed by atoms with Gasteiger partial charge in [-0.25, -0.2) is 4.98 Å². The lowest BCUT2D eigenvalue weighted by molar-refractivity contribution is 0.205. The number of nitrogens with zero attached hydrogens (tertiary/aromatic N) is 3. The fraction of sp³-hybridized carbons (Fsp3) is 0.455. The molecule has 1 unspecified atom stereocenters. The molecule has 0 saturated heterocycles. The van der Waals surface area contributed by atoms with E-state index in [1.807, 2.05) is 13.8 Å². The molecule has 1 atom stereocenters. The zero-order valence-corrected chi connectivity index (χ0v) is 10.9. The van der Waals surface area contributed by atoms with Gasteiger partial charge in [0, 0.05) is 6.54 Å². The lowest BCUT2D eigenvalue weighted by Crippen LogP contribution is -2.10. The standard InChI is InChI=1S/C11H15N3O2S/c1-4-14-9(8(16-3)5-13-14)10(15)11-7(2)12-6-17-11/h5-6,10,15H,4H2,1-3H3. The summed E-state index contributed by atoms with van der Waals surface area (Å²) in [5, 5.41) is 14.6. The van der Waals surface area contributed by atoms with Gasteiger partial charge in [-0.05, 0) is 13.8 Å². The van der Waals surface area contributed by atoms with Crippen molar-refractivity contribution in [3.63, 3.8) is 0 Å². The molecule has 0 saturated carbocycles. The molecule has 6 heteroatoms. The van der Waals surface area contributed by atoms with E-state index in [4.69, 9.17) is 4.74 Å². The SMILES string of the molecule is CCn1ncc(OC)c1C(O)c1scnc1C. The van der Waals surface area contributed by atoms with Crippen LogP contribution in [0.15, 0.2) is 11.7 Å². The molecule has 92 valence electrons. The Bertz CT molecular complexity index is 485. The van der Waals surface area contributed by atoms with Gasteiger partial charge >= 0.3 is 0 Å². The number of aliphatic hydroxyl groups excluding tert-OH is 1. The van der Waals surface area contributed by atoms with Crippen LogP contribution in [0.4, 0.5) is 0 Å². The van der Waals surface area contributed by atoms with Crippen LogP contribution in [0.2, 0.25) is 0 Å². The molecule has 0 aliphatic rings. The Labute approximate surface area is 104 Å². The minimum atomic E-state index is -0.736. The molecule has 5 nitrogen and oxygen atoms in total. The first-order valence-electron chi connectivity index (χ1n) is 5.36. The Morgan fingerprint density at radius 2 is 2.35 bits per heavy atom. The molecule has 0 aliphatic heterocycles. The molecule has 0 bridgehead atoms. The van der Waals surface area contributed by atoms with Gasteiger partial charge in [0.05, 0.1) is 29.4 Å². The van der Waals surface area contributed by atoms with Gasteiger partial charge in [-0.1, -0.05) is 0 Å². The molecule has 2 heterocycles. The van der Waals surface area contributed by atoms with Crippen molar-refractivity contribution in [3.8, 4) is 5.75 Å². The molecule has 1 N–H and O–H groups in total. The highest BCUT2D eigenvalue weighted by molar-refractivity contribution is 7.09. The van der Waals surface area contributed by atoms with E-state index in [0.717, 1.165) is 10.6 Å². The average molecular weight is 253 g/mol. The van der Waals surface area contributed by atoms with E-state index in [1.54, 1.807) is 23.5 Å². The first kappa shape index (κ1) is 12.1. The van der Waals surface area contributed by atoms with Gasteiger partial charge in [0.15, 0.2) is 5.75 Å². The smallest absolute Gasteiger partial charge is 0.163 e. The zero-order chi connectivity index (χ0) is 12.4. The average Bonchev–Trinajstić information content (AvgIpc) is 2.93. The number of ether oxygens (including phenoxy) is 1. The quantitative estimate of drug-likeness (QED) is 0.902. The van der Waals surface area contributed by atoms with Gasteiger partial charge in [-0.2, -0.15) is 5.10 Å². The number of aliphatic hydroxyl groups is 1. The molecule has 0 aromatic carbocycles. The van der Waals surface area contributed by atoms with E-state index in [2.05, 4.69) is 10.1 Å². The van der Waals surface area contributed by atoms with E-state index < -0.39 is 6.10 Å². The van der Waals surface area contributed by atoms with Crippen molar-refractivity contribution in [2.45, 2.75) is 26.5 Å². The Morgan fingerprint density at radius 1 is 1.59 bits per heavy atom. The van der Waals surface area contributed by atoms with Gasteiger partial charge < -0.3 is 9.84 Å². The maximum Gasteiger partial charge on any atom is 0.163 e. The predicted molar refractivity (Wildman–Crippen MR) is 65.4 cm³/mol. The first-order chi connectivity index (χ1) is 8.19. The summed E-state index contributed by atoms with van der Waals surface area (Å²) in [6.45, 7) is 4.55. The van der Waals surface area contributed by atoms with Gasteiger partial charge in [0.1, 0.15) is 11.8 Å². The second-order valence-electron chi connectivity index (χ2n) is 3.62. The lowest BCUT2D eigenvalue weighted by atomic mass is 10.2. The Morgan fingerprint density at radius 3 is 2.88 bits per heavy atom. The highest BCUT2D eigenvalue weighted by atomic mass is 32.1. The maximum absolute atomic E-state index is 10.4. The van der Waals surface area contributed by atoms with Crippen molar-refractivity contribution in [1.82, 2.24) is 14.8 Å². The lowest BCUT2D eigenvalue weighted by Gasteiger charge is -2.13. The number of hydrogen-bond donors (Lipinski definition) is 1.